The van der Waals surface area contributed by atoms with Crippen LogP contribution in [0.5, 0.6) is 0 Å². The zero-order chi connectivity index (χ0) is 14.7. The Morgan fingerprint density at radius 3 is 3.10 bits per heavy atom. The third-order valence-corrected chi connectivity index (χ3v) is 3.81. The molecule has 0 bridgehead atoms. The number of H-pyrrole nitrogens is 1. The van der Waals surface area contributed by atoms with Crippen LogP contribution in [0.4, 0.5) is 0 Å². The Morgan fingerprint density at radius 2 is 2.33 bits per heavy atom. The molecule has 0 aliphatic carbocycles. The van der Waals surface area contributed by atoms with E-state index < -0.39 is 0 Å². The predicted octanol–water partition coefficient (Wildman–Crippen LogP) is 2.25. The molecule has 0 saturated carbocycles. The van der Waals surface area contributed by atoms with Crippen molar-refractivity contribution in [3.63, 3.8) is 0 Å². The SMILES string of the molecule is CCc1nc([C@H]2CN(Cc3cccc(C)c3)CCO2)n[nH]1. The number of hydrogen-bond donors (Lipinski definition) is 1. The summed E-state index contributed by atoms with van der Waals surface area (Å²) in [5.41, 5.74) is 2.65. The number of hydrogen-bond acceptors (Lipinski definition) is 4. The van der Waals surface area contributed by atoms with Crippen LogP contribution < -0.4 is 0 Å². The number of benzene rings is 1. The summed E-state index contributed by atoms with van der Waals surface area (Å²) >= 11 is 0. The molecule has 0 radical (unpaired) electrons. The smallest absolute Gasteiger partial charge is 0.180 e. The molecule has 2 heterocycles. The molecule has 2 aromatic rings. The molecule has 0 amide bonds. The average molecular weight is 286 g/mol. The fourth-order valence-corrected chi connectivity index (χ4v) is 2.68. The predicted molar refractivity (Wildman–Crippen MR) is 80.9 cm³/mol. The van der Waals surface area contributed by atoms with Gasteiger partial charge in [0.05, 0.1) is 6.61 Å². The quantitative estimate of drug-likeness (QED) is 0.936. The Morgan fingerprint density at radius 1 is 1.43 bits per heavy atom. The summed E-state index contributed by atoms with van der Waals surface area (Å²) < 4.78 is 5.83. The Hall–Kier alpha value is -1.72. The van der Waals surface area contributed by atoms with Gasteiger partial charge in [-0.1, -0.05) is 36.8 Å². The maximum Gasteiger partial charge on any atom is 0.180 e. The third-order valence-electron chi connectivity index (χ3n) is 3.81. The first kappa shape index (κ1) is 14.2. The number of aromatic amines is 1. The van der Waals surface area contributed by atoms with Crippen molar-refractivity contribution in [3.05, 3.63) is 47.0 Å². The van der Waals surface area contributed by atoms with Gasteiger partial charge < -0.3 is 4.74 Å². The Balaban J connectivity index is 1.65. The monoisotopic (exact) mass is 286 g/mol. The molecule has 1 aromatic carbocycles. The summed E-state index contributed by atoms with van der Waals surface area (Å²) in [7, 11) is 0. The molecule has 1 N–H and O–H groups in total. The molecule has 21 heavy (non-hydrogen) atoms. The Labute approximate surface area is 125 Å². The number of aromatic nitrogens is 3. The standard InChI is InChI=1S/C16H22N4O/c1-3-15-17-16(19-18-15)14-11-20(7-8-21-14)10-13-6-4-5-12(2)9-13/h4-6,9,14H,3,7-8,10-11H2,1-2H3,(H,17,18,19)/t14-/m1/s1. The number of morpholine rings is 1. The van der Waals surface area contributed by atoms with Gasteiger partial charge in [0.1, 0.15) is 11.9 Å². The van der Waals surface area contributed by atoms with Crippen molar-refractivity contribution in [2.45, 2.75) is 32.9 Å². The summed E-state index contributed by atoms with van der Waals surface area (Å²) in [5.74, 6) is 1.70. The van der Waals surface area contributed by atoms with Crippen LogP contribution in [-0.4, -0.2) is 39.8 Å². The van der Waals surface area contributed by atoms with E-state index in [1.54, 1.807) is 0 Å². The van der Waals surface area contributed by atoms with Crippen LogP contribution in [0.15, 0.2) is 24.3 Å². The lowest BCUT2D eigenvalue weighted by atomic mass is 10.1. The van der Waals surface area contributed by atoms with Crippen LogP contribution in [0, 0.1) is 6.92 Å². The van der Waals surface area contributed by atoms with E-state index in [1.807, 2.05) is 0 Å². The molecule has 1 aliphatic heterocycles. The third kappa shape index (κ3) is 3.49. The van der Waals surface area contributed by atoms with Gasteiger partial charge in [0.15, 0.2) is 5.82 Å². The fraction of sp³-hybridized carbons (Fsp3) is 0.500. The van der Waals surface area contributed by atoms with Crippen LogP contribution >= 0.6 is 0 Å². The van der Waals surface area contributed by atoms with Crippen LogP contribution in [0.1, 0.15) is 35.8 Å². The van der Waals surface area contributed by atoms with Gasteiger partial charge >= 0.3 is 0 Å². The number of ether oxygens (including phenoxy) is 1. The molecule has 5 nitrogen and oxygen atoms in total. The minimum Gasteiger partial charge on any atom is -0.367 e. The highest BCUT2D eigenvalue weighted by atomic mass is 16.5. The summed E-state index contributed by atoms with van der Waals surface area (Å²) in [4.78, 5) is 6.90. The lowest BCUT2D eigenvalue weighted by Gasteiger charge is -2.31. The highest BCUT2D eigenvalue weighted by Gasteiger charge is 2.25. The first-order valence-electron chi connectivity index (χ1n) is 7.55. The summed E-state index contributed by atoms with van der Waals surface area (Å²) in [6.07, 6.45) is 0.840. The molecule has 112 valence electrons. The second-order valence-corrected chi connectivity index (χ2v) is 5.58. The largest absolute Gasteiger partial charge is 0.367 e. The van der Waals surface area contributed by atoms with E-state index in [9.17, 15) is 0 Å². The lowest BCUT2D eigenvalue weighted by molar-refractivity contribution is -0.0370. The van der Waals surface area contributed by atoms with E-state index in [-0.39, 0.29) is 6.10 Å². The molecule has 5 heteroatoms. The fourth-order valence-electron chi connectivity index (χ4n) is 2.68. The van der Waals surface area contributed by atoms with Crippen molar-refractivity contribution in [3.8, 4) is 0 Å². The maximum atomic E-state index is 5.83. The van der Waals surface area contributed by atoms with Gasteiger partial charge in [-0.2, -0.15) is 5.10 Å². The number of nitrogens with zero attached hydrogens (tertiary/aromatic N) is 3. The number of rotatable bonds is 4. The summed E-state index contributed by atoms with van der Waals surface area (Å²) in [6, 6.07) is 8.67. The van der Waals surface area contributed by atoms with Crippen molar-refractivity contribution in [1.29, 1.82) is 0 Å². The Bertz CT molecular complexity index is 595. The number of nitrogens with one attached hydrogen (secondary N) is 1. The van der Waals surface area contributed by atoms with Crippen molar-refractivity contribution < 1.29 is 4.74 Å². The summed E-state index contributed by atoms with van der Waals surface area (Å²) in [6.45, 7) is 7.67. The average Bonchev–Trinajstić information content (AvgIpc) is 2.96. The van der Waals surface area contributed by atoms with Crippen molar-refractivity contribution in [2.75, 3.05) is 19.7 Å². The van der Waals surface area contributed by atoms with Crippen molar-refractivity contribution >= 4 is 0 Å². The normalized spacial score (nSPS) is 19.8. The zero-order valence-corrected chi connectivity index (χ0v) is 12.7. The molecule has 1 aliphatic rings. The van der Waals surface area contributed by atoms with Crippen molar-refractivity contribution in [1.82, 2.24) is 20.1 Å². The van der Waals surface area contributed by atoms with Crippen LogP contribution in [0.3, 0.4) is 0 Å². The highest BCUT2D eigenvalue weighted by Crippen LogP contribution is 2.20. The van der Waals surface area contributed by atoms with E-state index >= 15 is 0 Å². The van der Waals surface area contributed by atoms with Gasteiger partial charge in [0.2, 0.25) is 0 Å². The maximum absolute atomic E-state index is 5.83. The van der Waals surface area contributed by atoms with E-state index in [2.05, 4.69) is 58.2 Å². The molecule has 0 spiro atoms. The molecule has 1 atom stereocenters. The van der Waals surface area contributed by atoms with Gasteiger partial charge in [-0.15, -0.1) is 0 Å². The van der Waals surface area contributed by atoms with Gasteiger partial charge in [0, 0.05) is 26.1 Å². The van der Waals surface area contributed by atoms with E-state index in [0.717, 1.165) is 44.3 Å². The molecule has 1 aromatic heterocycles. The van der Waals surface area contributed by atoms with E-state index in [1.165, 1.54) is 11.1 Å². The van der Waals surface area contributed by atoms with E-state index in [4.69, 9.17) is 4.74 Å². The van der Waals surface area contributed by atoms with Gasteiger partial charge in [-0.3, -0.25) is 10.00 Å². The molecule has 3 rings (SSSR count). The van der Waals surface area contributed by atoms with Crippen LogP contribution in [0.2, 0.25) is 0 Å². The molecule has 0 unspecified atom stereocenters. The molecular weight excluding hydrogens is 264 g/mol. The second-order valence-electron chi connectivity index (χ2n) is 5.58. The Kier molecular flexibility index (Phi) is 4.31. The zero-order valence-electron chi connectivity index (χ0n) is 12.7. The minimum atomic E-state index is -0.0277. The lowest BCUT2D eigenvalue weighted by Crippen LogP contribution is -2.38. The first-order chi connectivity index (χ1) is 10.2. The molecular formula is C16H22N4O. The molecule has 1 saturated heterocycles. The highest BCUT2D eigenvalue weighted by molar-refractivity contribution is 5.22. The first-order valence-corrected chi connectivity index (χ1v) is 7.55. The van der Waals surface area contributed by atoms with Gasteiger partial charge in [0.25, 0.3) is 0 Å². The number of aryl methyl sites for hydroxylation is 2. The van der Waals surface area contributed by atoms with Gasteiger partial charge in [-0.05, 0) is 12.5 Å². The van der Waals surface area contributed by atoms with Crippen LogP contribution in [0.25, 0.3) is 0 Å². The topological polar surface area (TPSA) is 54.0 Å². The minimum absolute atomic E-state index is 0.0277. The second kappa shape index (κ2) is 6.37. The van der Waals surface area contributed by atoms with Crippen molar-refractivity contribution in [2.24, 2.45) is 0 Å². The van der Waals surface area contributed by atoms with Gasteiger partial charge in [-0.25, -0.2) is 4.98 Å². The van der Waals surface area contributed by atoms with Crippen LogP contribution in [-0.2, 0) is 17.7 Å². The molecule has 1 fully saturated rings. The van der Waals surface area contributed by atoms with E-state index in [0.29, 0.717) is 0 Å². The summed E-state index contributed by atoms with van der Waals surface area (Å²) in [5, 5.41) is 7.24.